The van der Waals surface area contributed by atoms with E-state index in [0.717, 1.165) is 0 Å². The largest absolute Gasteiger partial charge is 0.388 e. The van der Waals surface area contributed by atoms with E-state index < -0.39 is 12.8 Å². The molecule has 0 radical (unpaired) electrons. The van der Waals surface area contributed by atoms with Crippen molar-refractivity contribution >= 4 is 0 Å². The fraction of sp³-hybridized carbons (Fsp3) is 1.00. The number of hydrogen-bond donors (Lipinski definition) is 1. The van der Waals surface area contributed by atoms with Gasteiger partial charge in [0.1, 0.15) is 12.8 Å². The minimum absolute atomic E-state index is 0.0694. The summed E-state index contributed by atoms with van der Waals surface area (Å²) in [6, 6.07) is 0. The van der Waals surface area contributed by atoms with Crippen LogP contribution in [-0.4, -0.2) is 30.1 Å². The zero-order valence-corrected chi connectivity index (χ0v) is 6.72. The Labute approximate surface area is 61.0 Å². The van der Waals surface area contributed by atoms with Crippen LogP contribution in [-0.2, 0) is 4.74 Å². The summed E-state index contributed by atoms with van der Waals surface area (Å²) in [5.74, 6) is 0. The van der Waals surface area contributed by atoms with E-state index in [0.29, 0.717) is 0 Å². The third-order valence-electron chi connectivity index (χ3n) is 0.887. The molecule has 0 saturated carbocycles. The second kappa shape index (κ2) is 3.88. The molecule has 62 valence electrons. The summed E-state index contributed by atoms with van der Waals surface area (Å²) >= 11 is 0. The Kier molecular flexibility index (Phi) is 3.83. The van der Waals surface area contributed by atoms with Gasteiger partial charge in [-0.3, -0.25) is 0 Å². The van der Waals surface area contributed by atoms with Crippen LogP contribution in [0.3, 0.4) is 0 Å². The zero-order valence-electron chi connectivity index (χ0n) is 6.72. The van der Waals surface area contributed by atoms with Crippen LogP contribution in [0.1, 0.15) is 20.8 Å². The van der Waals surface area contributed by atoms with Gasteiger partial charge in [0.25, 0.3) is 0 Å². The van der Waals surface area contributed by atoms with Crippen LogP contribution < -0.4 is 0 Å². The minimum Gasteiger partial charge on any atom is -0.388 e. The van der Waals surface area contributed by atoms with Crippen molar-refractivity contribution in [1.29, 1.82) is 0 Å². The molecule has 0 aliphatic heterocycles. The van der Waals surface area contributed by atoms with E-state index in [1.807, 2.05) is 20.8 Å². The predicted octanol–water partition coefficient (Wildman–Crippen LogP) is 1.13. The molecule has 0 aliphatic rings. The highest BCUT2D eigenvalue weighted by molar-refractivity contribution is 4.61. The lowest BCUT2D eigenvalue weighted by Gasteiger charge is -2.20. The Balaban J connectivity index is 3.36. The van der Waals surface area contributed by atoms with Crippen molar-refractivity contribution in [3.05, 3.63) is 0 Å². The van der Waals surface area contributed by atoms with Crippen molar-refractivity contribution in [2.24, 2.45) is 0 Å². The number of rotatable bonds is 3. The molecule has 0 rings (SSSR count). The summed E-state index contributed by atoms with van der Waals surface area (Å²) < 4.78 is 16.7. The Bertz CT molecular complexity index is 88.1. The molecular weight excluding hydrogens is 135 g/mol. The average molecular weight is 150 g/mol. The fourth-order valence-electron chi connectivity index (χ4n) is 0.391. The molecule has 0 unspecified atom stereocenters. The van der Waals surface area contributed by atoms with E-state index in [2.05, 4.69) is 0 Å². The molecule has 2 nitrogen and oxygen atoms in total. The van der Waals surface area contributed by atoms with Crippen LogP contribution in [0.15, 0.2) is 0 Å². The summed E-state index contributed by atoms with van der Waals surface area (Å²) in [5, 5.41) is 8.72. The lowest BCUT2D eigenvalue weighted by Crippen LogP contribution is -2.27. The van der Waals surface area contributed by atoms with Gasteiger partial charge < -0.3 is 9.84 Å². The maximum Gasteiger partial charge on any atom is 0.118 e. The third-order valence-corrected chi connectivity index (χ3v) is 0.887. The molecule has 0 bridgehead atoms. The Morgan fingerprint density at radius 1 is 1.50 bits per heavy atom. The van der Waals surface area contributed by atoms with Crippen LogP contribution in [0.25, 0.3) is 0 Å². The molecule has 0 amide bonds. The Morgan fingerprint density at radius 2 is 2.00 bits per heavy atom. The van der Waals surface area contributed by atoms with Crippen LogP contribution in [0.4, 0.5) is 4.39 Å². The van der Waals surface area contributed by atoms with Crippen LogP contribution in [0.2, 0.25) is 0 Å². The average Bonchev–Trinajstić information content (AvgIpc) is 1.81. The minimum atomic E-state index is -0.973. The SMILES string of the molecule is CC(C)(C)OC[C@@H](O)CF. The number of aliphatic hydroxyl groups is 1. The molecule has 0 aromatic heterocycles. The van der Waals surface area contributed by atoms with Crippen molar-refractivity contribution in [1.82, 2.24) is 0 Å². The molecule has 0 aromatic carbocycles. The first kappa shape index (κ1) is 9.85. The van der Waals surface area contributed by atoms with Crippen molar-refractivity contribution in [3.8, 4) is 0 Å². The van der Waals surface area contributed by atoms with E-state index in [9.17, 15) is 4.39 Å². The third kappa shape index (κ3) is 5.98. The maximum atomic E-state index is 11.6. The lowest BCUT2D eigenvalue weighted by molar-refractivity contribution is -0.0536. The van der Waals surface area contributed by atoms with Crippen molar-refractivity contribution in [2.45, 2.75) is 32.5 Å². The van der Waals surface area contributed by atoms with Gasteiger partial charge in [-0.15, -0.1) is 0 Å². The highest BCUT2D eigenvalue weighted by Crippen LogP contribution is 2.06. The van der Waals surface area contributed by atoms with Gasteiger partial charge in [0, 0.05) is 0 Å². The van der Waals surface area contributed by atoms with Gasteiger partial charge in [0.15, 0.2) is 0 Å². The van der Waals surface area contributed by atoms with E-state index in [1.54, 1.807) is 0 Å². The van der Waals surface area contributed by atoms with Gasteiger partial charge in [-0.1, -0.05) is 0 Å². The summed E-state index contributed by atoms with van der Waals surface area (Å²) in [6.45, 7) is 4.91. The molecule has 0 saturated heterocycles. The summed E-state index contributed by atoms with van der Waals surface area (Å²) in [4.78, 5) is 0. The van der Waals surface area contributed by atoms with E-state index in [1.165, 1.54) is 0 Å². The van der Waals surface area contributed by atoms with Gasteiger partial charge >= 0.3 is 0 Å². The van der Waals surface area contributed by atoms with Gasteiger partial charge in [-0.2, -0.15) is 0 Å². The Hall–Kier alpha value is -0.150. The molecule has 0 heterocycles. The summed E-state index contributed by atoms with van der Waals surface area (Å²) in [6.07, 6.45) is -0.973. The first-order chi connectivity index (χ1) is 4.45. The van der Waals surface area contributed by atoms with Crippen LogP contribution in [0.5, 0.6) is 0 Å². The molecule has 0 spiro atoms. The lowest BCUT2D eigenvalue weighted by atomic mass is 10.2. The molecule has 10 heavy (non-hydrogen) atoms. The van der Waals surface area contributed by atoms with Crippen LogP contribution >= 0.6 is 0 Å². The summed E-state index contributed by atoms with van der Waals surface area (Å²) in [5.41, 5.74) is -0.295. The smallest absolute Gasteiger partial charge is 0.118 e. The topological polar surface area (TPSA) is 29.5 Å². The van der Waals surface area contributed by atoms with E-state index in [4.69, 9.17) is 9.84 Å². The second-order valence-corrected chi connectivity index (χ2v) is 3.23. The highest BCUT2D eigenvalue weighted by Gasteiger charge is 2.12. The molecule has 0 fully saturated rings. The molecular formula is C7H15FO2. The first-order valence-corrected chi connectivity index (χ1v) is 3.33. The predicted molar refractivity (Wildman–Crippen MR) is 37.7 cm³/mol. The van der Waals surface area contributed by atoms with E-state index >= 15 is 0 Å². The standard InChI is InChI=1S/C7H15FO2/c1-7(2,3)10-5-6(9)4-8/h6,9H,4-5H2,1-3H3/t6-/m0/s1. The van der Waals surface area contributed by atoms with Crippen molar-refractivity contribution in [2.75, 3.05) is 13.3 Å². The second-order valence-electron chi connectivity index (χ2n) is 3.23. The van der Waals surface area contributed by atoms with Gasteiger partial charge in [-0.25, -0.2) is 4.39 Å². The molecule has 3 heteroatoms. The van der Waals surface area contributed by atoms with Gasteiger partial charge in [-0.05, 0) is 20.8 Å². The van der Waals surface area contributed by atoms with Crippen molar-refractivity contribution in [3.63, 3.8) is 0 Å². The van der Waals surface area contributed by atoms with Crippen molar-refractivity contribution < 1.29 is 14.2 Å². The molecule has 0 aliphatic carbocycles. The summed E-state index contributed by atoms with van der Waals surface area (Å²) in [7, 11) is 0. The first-order valence-electron chi connectivity index (χ1n) is 3.33. The number of ether oxygens (including phenoxy) is 1. The molecule has 1 N–H and O–H groups in total. The van der Waals surface area contributed by atoms with Crippen LogP contribution in [0, 0.1) is 0 Å². The van der Waals surface area contributed by atoms with Gasteiger partial charge in [0.05, 0.1) is 12.2 Å². The molecule has 1 atom stereocenters. The van der Waals surface area contributed by atoms with E-state index in [-0.39, 0.29) is 12.2 Å². The quantitative estimate of drug-likeness (QED) is 0.653. The fourth-order valence-corrected chi connectivity index (χ4v) is 0.391. The monoisotopic (exact) mass is 150 g/mol. The zero-order chi connectivity index (χ0) is 8.20. The number of halogens is 1. The number of hydrogen-bond acceptors (Lipinski definition) is 2. The normalized spacial score (nSPS) is 15.3. The maximum absolute atomic E-state index is 11.6. The molecule has 0 aromatic rings. The highest BCUT2D eigenvalue weighted by atomic mass is 19.1. The number of aliphatic hydroxyl groups excluding tert-OH is 1. The Morgan fingerprint density at radius 3 is 2.30 bits per heavy atom. The van der Waals surface area contributed by atoms with Gasteiger partial charge in [0.2, 0.25) is 0 Å². The number of alkyl halides is 1.